The molecule has 1 aliphatic rings. The first kappa shape index (κ1) is 16.0. The van der Waals surface area contributed by atoms with E-state index in [4.69, 9.17) is 0 Å². The molecule has 4 nitrogen and oxygen atoms in total. The number of pyridine rings is 1. The van der Waals surface area contributed by atoms with Gasteiger partial charge >= 0.3 is 0 Å². The van der Waals surface area contributed by atoms with Crippen LogP contribution in [-0.2, 0) is 0 Å². The highest BCUT2D eigenvalue weighted by atomic mass is 35.5. The smallest absolute Gasteiger partial charge is 0.141 e. The SMILES string of the molecule is Cc1cnc(-c2cccnc2)n1C1CCNC1.Cl.Cl. The van der Waals surface area contributed by atoms with Crippen LogP contribution in [0.4, 0.5) is 0 Å². The summed E-state index contributed by atoms with van der Waals surface area (Å²) < 4.78 is 2.33. The summed E-state index contributed by atoms with van der Waals surface area (Å²) in [4.78, 5) is 8.69. The maximum atomic E-state index is 4.53. The fourth-order valence-electron chi connectivity index (χ4n) is 2.48. The fourth-order valence-corrected chi connectivity index (χ4v) is 2.48. The Hall–Kier alpha value is -1.10. The Morgan fingerprint density at radius 2 is 2.16 bits per heavy atom. The number of nitrogens with one attached hydrogen (secondary N) is 1. The topological polar surface area (TPSA) is 42.7 Å². The third-order valence-corrected chi connectivity index (χ3v) is 3.30. The molecule has 1 saturated heterocycles. The number of imidazole rings is 1. The van der Waals surface area contributed by atoms with Gasteiger partial charge in [0.1, 0.15) is 5.82 Å². The molecular formula is C13H18Cl2N4. The van der Waals surface area contributed by atoms with Gasteiger partial charge in [0.15, 0.2) is 0 Å². The lowest BCUT2D eigenvalue weighted by Crippen LogP contribution is -2.15. The van der Waals surface area contributed by atoms with Gasteiger partial charge in [0.25, 0.3) is 0 Å². The second-order valence-electron chi connectivity index (χ2n) is 4.48. The molecule has 0 aromatic carbocycles. The Morgan fingerprint density at radius 1 is 1.32 bits per heavy atom. The Balaban J connectivity index is 0.000000902. The van der Waals surface area contributed by atoms with E-state index in [1.807, 2.05) is 18.5 Å². The van der Waals surface area contributed by atoms with Crippen molar-refractivity contribution in [2.45, 2.75) is 19.4 Å². The van der Waals surface area contributed by atoms with E-state index in [-0.39, 0.29) is 24.8 Å². The average Bonchev–Trinajstić information content (AvgIpc) is 2.99. The molecule has 0 radical (unpaired) electrons. The van der Waals surface area contributed by atoms with E-state index in [0.717, 1.165) is 24.5 Å². The molecule has 0 bridgehead atoms. The van der Waals surface area contributed by atoms with E-state index in [0.29, 0.717) is 6.04 Å². The molecule has 1 aliphatic heterocycles. The molecule has 3 heterocycles. The zero-order valence-corrected chi connectivity index (χ0v) is 12.4. The molecule has 1 fully saturated rings. The van der Waals surface area contributed by atoms with Gasteiger partial charge in [-0.3, -0.25) is 4.98 Å². The van der Waals surface area contributed by atoms with Gasteiger partial charge in [-0.15, -0.1) is 24.8 Å². The van der Waals surface area contributed by atoms with Gasteiger partial charge in [-0.05, 0) is 32.0 Å². The lowest BCUT2D eigenvalue weighted by molar-refractivity contribution is 0.541. The molecular weight excluding hydrogens is 283 g/mol. The quantitative estimate of drug-likeness (QED) is 0.927. The van der Waals surface area contributed by atoms with Crippen molar-refractivity contribution >= 4 is 24.8 Å². The molecule has 2 aromatic heterocycles. The fraction of sp³-hybridized carbons (Fsp3) is 0.385. The summed E-state index contributed by atoms with van der Waals surface area (Å²) in [6.45, 7) is 4.24. The monoisotopic (exact) mass is 300 g/mol. The molecule has 1 N–H and O–H groups in total. The van der Waals surface area contributed by atoms with E-state index >= 15 is 0 Å². The molecule has 6 heteroatoms. The van der Waals surface area contributed by atoms with Crippen molar-refractivity contribution in [2.75, 3.05) is 13.1 Å². The molecule has 1 atom stereocenters. The number of hydrogen-bond donors (Lipinski definition) is 1. The van der Waals surface area contributed by atoms with Gasteiger partial charge in [-0.25, -0.2) is 4.98 Å². The third-order valence-electron chi connectivity index (χ3n) is 3.30. The predicted octanol–water partition coefficient (Wildman–Crippen LogP) is 2.63. The Morgan fingerprint density at radius 3 is 2.79 bits per heavy atom. The summed E-state index contributed by atoms with van der Waals surface area (Å²) in [5.41, 5.74) is 2.31. The molecule has 0 amide bonds. The summed E-state index contributed by atoms with van der Waals surface area (Å²) in [5.74, 6) is 1.03. The highest BCUT2D eigenvalue weighted by Gasteiger charge is 2.21. The van der Waals surface area contributed by atoms with Gasteiger partial charge < -0.3 is 9.88 Å². The van der Waals surface area contributed by atoms with Crippen LogP contribution in [0.5, 0.6) is 0 Å². The number of nitrogens with zero attached hydrogens (tertiary/aromatic N) is 3. The van der Waals surface area contributed by atoms with E-state index in [9.17, 15) is 0 Å². The maximum Gasteiger partial charge on any atom is 0.141 e. The van der Waals surface area contributed by atoms with Crippen molar-refractivity contribution in [3.05, 3.63) is 36.4 Å². The van der Waals surface area contributed by atoms with Crippen LogP contribution in [0.3, 0.4) is 0 Å². The minimum atomic E-state index is 0. The Labute approximate surface area is 125 Å². The highest BCUT2D eigenvalue weighted by molar-refractivity contribution is 5.85. The van der Waals surface area contributed by atoms with Crippen molar-refractivity contribution in [3.8, 4) is 11.4 Å². The second-order valence-corrected chi connectivity index (χ2v) is 4.48. The van der Waals surface area contributed by atoms with Crippen molar-refractivity contribution in [1.29, 1.82) is 0 Å². The summed E-state index contributed by atoms with van der Waals surface area (Å²) in [5, 5.41) is 3.40. The van der Waals surface area contributed by atoms with Crippen molar-refractivity contribution < 1.29 is 0 Å². The van der Waals surface area contributed by atoms with Gasteiger partial charge in [0, 0.05) is 42.4 Å². The van der Waals surface area contributed by atoms with Crippen LogP contribution in [0.15, 0.2) is 30.7 Å². The maximum absolute atomic E-state index is 4.53. The predicted molar refractivity (Wildman–Crippen MR) is 81.2 cm³/mol. The number of halogens is 2. The van der Waals surface area contributed by atoms with E-state index in [1.54, 1.807) is 6.20 Å². The van der Waals surface area contributed by atoms with Crippen LogP contribution < -0.4 is 5.32 Å². The van der Waals surface area contributed by atoms with Crippen LogP contribution >= 0.6 is 24.8 Å². The number of hydrogen-bond acceptors (Lipinski definition) is 3. The van der Waals surface area contributed by atoms with Crippen LogP contribution in [0.2, 0.25) is 0 Å². The number of aryl methyl sites for hydroxylation is 1. The lowest BCUT2D eigenvalue weighted by atomic mass is 10.2. The molecule has 0 saturated carbocycles. The summed E-state index contributed by atoms with van der Waals surface area (Å²) >= 11 is 0. The van der Waals surface area contributed by atoms with Gasteiger partial charge in [0.05, 0.1) is 0 Å². The normalized spacial score (nSPS) is 17.6. The molecule has 3 rings (SSSR count). The van der Waals surface area contributed by atoms with E-state index in [1.165, 1.54) is 12.1 Å². The molecule has 2 aromatic rings. The highest BCUT2D eigenvalue weighted by Crippen LogP contribution is 2.26. The summed E-state index contributed by atoms with van der Waals surface area (Å²) in [7, 11) is 0. The second kappa shape index (κ2) is 6.89. The summed E-state index contributed by atoms with van der Waals surface area (Å²) in [6.07, 6.45) is 6.78. The van der Waals surface area contributed by atoms with Crippen LogP contribution in [0.1, 0.15) is 18.2 Å². The standard InChI is InChI=1S/C13H16N4.2ClH/c1-10-7-16-13(11-3-2-5-14-8-11)17(10)12-4-6-15-9-12;;/h2-3,5,7-8,12,15H,4,6,9H2,1H3;2*1H. The zero-order chi connectivity index (χ0) is 11.7. The minimum Gasteiger partial charge on any atom is -0.324 e. The first-order valence-electron chi connectivity index (χ1n) is 6.01. The molecule has 104 valence electrons. The van der Waals surface area contributed by atoms with Crippen molar-refractivity contribution in [3.63, 3.8) is 0 Å². The van der Waals surface area contributed by atoms with Gasteiger partial charge in [0.2, 0.25) is 0 Å². The Kier molecular flexibility index (Phi) is 5.79. The zero-order valence-electron chi connectivity index (χ0n) is 10.7. The third kappa shape index (κ3) is 3.08. The lowest BCUT2D eigenvalue weighted by Gasteiger charge is -2.16. The first-order valence-corrected chi connectivity index (χ1v) is 6.01. The number of rotatable bonds is 2. The average molecular weight is 301 g/mol. The molecule has 0 aliphatic carbocycles. The minimum absolute atomic E-state index is 0. The Bertz CT molecular complexity index is 507. The molecule has 0 spiro atoms. The van der Waals surface area contributed by atoms with E-state index < -0.39 is 0 Å². The van der Waals surface area contributed by atoms with Gasteiger partial charge in [-0.1, -0.05) is 0 Å². The van der Waals surface area contributed by atoms with Crippen molar-refractivity contribution in [2.24, 2.45) is 0 Å². The number of aromatic nitrogens is 3. The molecule has 1 unspecified atom stereocenters. The van der Waals surface area contributed by atoms with Gasteiger partial charge in [-0.2, -0.15) is 0 Å². The first-order chi connectivity index (χ1) is 8.36. The van der Waals surface area contributed by atoms with Crippen LogP contribution in [0, 0.1) is 6.92 Å². The molecule has 19 heavy (non-hydrogen) atoms. The summed E-state index contributed by atoms with van der Waals surface area (Å²) in [6, 6.07) is 4.54. The van der Waals surface area contributed by atoms with Crippen LogP contribution in [-0.4, -0.2) is 27.6 Å². The van der Waals surface area contributed by atoms with Crippen molar-refractivity contribution in [1.82, 2.24) is 19.9 Å². The van der Waals surface area contributed by atoms with E-state index in [2.05, 4.69) is 32.8 Å². The largest absolute Gasteiger partial charge is 0.324 e. The van der Waals surface area contributed by atoms with Crippen LogP contribution in [0.25, 0.3) is 11.4 Å².